The molecule has 1 fully saturated rings. The zero-order valence-electron chi connectivity index (χ0n) is 19.7. The van der Waals surface area contributed by atoms with E-state index in [1.165, 1.54) is 38.4 Å². The van der Waals surface area contributed by atoms with Crippen LogP contribution >= 0.6 is 0 Å². The summed E-state index contributed by atoms with van der Waals surface area (Å²) in [4.78, 5) is 28.8. The Kier molecular flexibility index (Phi) is 6.79. The van der Waals surface area contributed by atoms with Gasteiger partial charge in [0.25, 0.3) is 21.8 Å². The summed E-state index contributed by atoms with van der Waals surface area (Å²) in [6.07, 6.45) is 0. The van der Waals surface area contributed by atoms with E-state index < -0.39 is 10.0 Å². The summed E-state index contributed by atoms with van der Waals surface area (Å²) in [5, 5.41) is 3.74. The molecule has 0 unspecified atom stereocenters. The number of ether oxygens (including phenoxy) is 1. The molecule has 0 saturated carbocycles. The van der Waals surface area contributed by atoms with E-state index in [2.05, 4.69) is 5.16 Å². The van der Waals surface area contributed by atoms with Crippen LogP contribution in [0.2, 0.25) is 0 Å². The van der Waals surface area contributed by atoms with E-state index >= 15 is 0 Å². The molecule has 1 aromatic heterocycles. The van der Waals surface area contributed by atoms with Gasteiger partial charge in [0.2, 0.25) is 5.76 Å². The van der Waals surface area contributed by atoms with Crippen LogP contribution in [-0.2, 0) is 10.0 Å². The Balaban J connectivity index is 1.42. The van der Waals surface area contributed by atoms with E-state index in [1.807, 2.05) is 0 Å². The number of amides is 2. The molecular weight excluding hydrogens is 472 g/mol. The lowest BCUT2D eigenvalue weighted by molar-refractivity contribution is 0.0512. The van der Waals surface area contributed by atoms with Crippen molar-refractivity contribution in [3.63, 3.8) is 0 Å². The van der Waals surface area contributed by atoms with Crippen LogP contribution in [0.4, 0.5) is 5.69 Å². The smallest absolute Gasteiger partial charge is 0.292 e. The number of sulfonamides is 1. The van der Waals surface area contributed by atoms with Gasteiger partial charge in [0.15, 0.2) is 0 Å². The second kappa shape index (κ2) is 9.79. The quantitative estimate of drug-likeness (QED) is 0.513. The Morgan fingerprint density at radius 3 is 2.14 bits per heavy atom. The van der Waals surface area contributed by atoms with E-state index in [0.717, 1.165) is 4.31 Å². The summed E-state index contributed by atoms with van der Waals surface area (Å²) in [6, 6.07) is 14.2. The topological polar surface area (TPSA) is 113 Å². The van der Waals surface area contributed by atoms with Crippen molar-refractivity contribution >= 4 is 27.5 Å². The number of aryl methyl sites for hydroxylation is 1. The molecule has 2 heterocycles. The van der Waals surface area contributed by atoms with Gasteiger partial charge in [0, 0.05) is 44.9 Å². The zero-order valence-corrected chi connectivity index (χ0v) is 20.5. The maximum absolute atomic E-state index is 13.1. The van der Waals surface area contributed by atoms with E-state index in [9.17, 15) is 18.0 Å². The first kappa shape index (κ1) is 24.3. The van der Waals surface area contributed by atoms with E-state index in [0.29, 0.717) is 48.9 Å². The number of carbonyl (C=O) groups is 2. The van der Waals surface area contributed by atoms with Gasteiger partial charge < -0.3 is 19.1 Å². The van der Waals surface area contributed by atoms with Crippen molar-refractivity contribution in [2.75, 3.05) is 44.6 Å². The molecule has 184 valence electrons. The first-order valence-corrected chi connectivity index (χ1v) is 12.4. The predicted octanol–water partition coefficient (Wildman–Crippen LogP) is 2.41. The molecule has 4 rings (SSSR count). The number of para-hydroxylation sites is 2. The lowest BCUT2D eigenvalue weighted by Gasteiger charge is -2.34. The number of benzene rings is 2. The van der Waals surface area contributed by atoms with Gasteiger partial charge in [-0.05, 0) is 43.3 Å². The van der Waals surface area contributed by atoms with Crippen LogP contribution in [0, 0.1) is 6.92 Å². The third kappa shape index (κ3) is 4.85. The fourth-order valence-corrected chi connectivity index (χ4v) is 5.07. The molecule has 35 heavy (non-hydrogen) atoms. The lowest BCUT2D eigenvalue weighted by Crippen LogP contribution is -2.50. The molecule has 0 radical (unpaired) electrons. The SMILES string of the molecule is COc1ccccc1N(C)S(=O)(=O)c1ccc(C(=O)N2CCN(C(=O)c3cc(C)no3)CC2)cc1. The van der Waals surface area contributed by atoms with Gasteiger partial charge in [-0.15, -0.1) is 0 Å². The van der Waals surface area contributed by atoms with E-state index in [-0.39, 0.29) is 22.5 Å². The number of rotatable bonds is 6. The Bertz CT molecular complexity index is 1330. The van der Waals surface area contributed by atoms with Crippen molar-refractivity contribution in [1.82, 2.24) is 15.0 Å². The van der Waals surface area contributed by atoms with Crippen LogP contribution in [0.5, 0.6) is 5.75 Å². The fourth-order valence-electron chi connectivity index (χ4n) is 3.86. The molecule has 2 aromatic carbocycles. The molecular formula is C24H26N4O6S. The van der Waals surface area contributed by atoms with Crippen molar-refractivity contribution in [3.8, 4) is 5.75 Å². The van der Waals surface area contributed by atoms with Crippen molar-refractivity contribution in [1.29, 1.82) is 0 Å². The number of nitrogens with zero attached hydrogens (tertiary/aromatic N) is 4. The van der Waals surface area contributed by atoms with Gasteiger partial charge in [0.1, 0.15) is 5.75 Å². The average molecular weight is 499 g/mol. The monoisotopic (exact) mass is 498 g/mol. The Morgan fingerprint density at radius 2 is 1.57 bits per heavy atom. The van der Waals surface area contributed by atoms with E-state index in [4.69, 9.17) is 9.26 Å². The minimum atomic E-state index is -3.86. The third-order valence-corrected chi connectivity index (χ3v) is 7.66. The molecule has 0 bridgehead atoms. The molecule has 0 aliphatic carbocycles. The van der Waals surface area contributed by atoms with Crippen LogP contribution in [0.3, 0.4) is 0 Å². The standard InChI is InChI=1S/C24H26N4O6S/c1-17-16-22(34-25-17)24(30)28-14-12-27(13-15-28)23(29)18-8-10-19(11-9-18)35(31,32)26(2)20-6-4-5-7-21(20)33-3/h4-11,16H,12-15H2,1-3H3. The molecule has 10 nitrogen and oxygen atoms in total. The summed E-state index contributed by atoms with van der Waals surface area (Å²) in [7, 11) is -0.935. The molecule has 0 spiro atoms. The van der Waals surface area contributed by atoms with Crippen molar-refractivity contribution in [2.45, 2.75) is 11.8 Å². The molecule has 1 aliphatic rings. The Hall–Kier alpha value is -3.86. The van der Waals surface area contributed by atoms with Gasteiger partial charge in [-0.1, -0.05) is 17.3 Å². The summed E-state index contributed by atoms with van der Waals surface area (Å²) < 4.78 is 37.7. The van der Waals surface area contributed by atoms with Gasteiger partial charge in [-0.25, -0.2) is 8.42 Å². The minimum absolute atomic E-state index is 0.0558. The highest BCUT2D eigenvalue weighted by Crippen LogP contribution is 2.31. The predicted molar refractivity (Wildman–Crippen MR) is 128 cm³/mol. The second-order valence-electron chi connectivity index (χ2n) is 8.09. The van der Waals surface area contributed by atoms with Crippen LogP contribution < -0.4 is 9.04 Å². The molecule has 1 saturated heterocycles. The van der Waals surface area contributed by atoms with Gasteiger partial charge in [0.05, 0.1) is 23.4 Å². The van der Waals surface area contributed by atoms with Crippen LogP contribution in [0.25, 0.3) is 0 Å². The van der Waals surface area contributed by atoms with Crippen molar-refractivity contribution in [3.05, 3.63) is 71.6 Å². The number of anilines is 1. The number of piperazine rings is 1. The van der Waals surface area contributed by atoms with Gasteiger partial charge >= 0.3 is 0 Å². The normalized spacial score (nSPS) is 14.0. The minimum Gasteiger partial charge on any atom is -0.495 e. The highest BCUT2D eigenvalue weighted by Gasteiger charge is 2.28. The van der Waals surface area contributed by atoms with Gasteiger partial charge in [-0.3, -0.25) is 13.9 Å². The first-order chi connectivity index (χ1) is 16.7. The number of carbonyl (C=O) groups excluding carboxylic acids is 2. The Labute approximate surface area is 203 Å². The second-order valence-corrected chi connectivity index (χ2v) is 10.1. The maximum Gasteiger partial charge on any atom is 0.292 e. The largest absolute Gasteiger partial charge is 0.495 e. The molecule has 2 amide bonds. The molecule has 3 aromatic rings. The summed E-state index contributed by atoms with van der Waals surface area (Å²) in [6.45, 7) is 3.17. The third-order valence-electron chi connectivity index (χ3n) is 5.88. The number of hydrogen-bond acceptors (Lipinski definition) is 7. The summed E-state index contributed by atoms with van der Waals surface area (Å²) >= 11 is 0. The maximum atomic E-state index is 13.1. The van der Waals surface area contributed by atoms with Crippen LogP contribution in [0.15, 0.2) is 64.0 Å². The molecule has 0 N–H and O–H groups in total. The summed E-state index contributed by atoms with van der Waals surface area (Å²) in [5.74, 6) is 0.125. The lowest BCUT2D eigenvalue weighted by atomic mass is 10.2. The number of aromatic nitrogens is 1. The molecule has 0 atom stereocenters. The number of methoxy groups -OCH3 is 1. The van der Waals surface area contributed by atoms with E-state index in [1.54, 1.807) is 47.1 Å². The fraction of sp³-hybridized carbons (Fsp3) is 0.292. The van der Waals surface area contributed by atoms with Gasteiger partial charge in [-0.2, -0.15) is 0 Å². The zero-order chi connectivity index (χ0) is 25.2. The average Bonchev–Trinajstić information content (AvgIpc) is 3.33. The van der Waals surface area contributed by atoms with Crippen LogP contribution in [-0.4, -0.2) is 75.5 Å². The van der Waals surface area contributed by atoms with Crippen molar-refractivity contribution < 1.29 is 27.3 Å². The summed E-state index contributed by atoms with van der Waals surface area (Å²) in [5.41, 5.74) is 1.40. The Morgan fingerprint density at radius 1 is 0.971 bits per heavy atom. The highest BCUT2D eigenvalue weighted by molar-refractivity contribution is 7.92. The number of hydrogen-bond donors (Lipinski definition) is 0. The molecule has 1 aliphatic heterocycles. The van der Waals surface area contributed by atoms with Crippen LogP contribution in [0.1, 0.15) is 26.6 Å². The van der Waals surface area contributed by atoms with Crippen molar-refractivity contribution in [2.24, 2.45) is 0 Å². The highest BCUT2D eigenvalue weighted by atomic mass is 32.2. The first-order valence-electron chi connectivity index (χ1n) is 11.0. The molecule has 11 heteroatoms.